The van der Waals surface area contributed by atoms with Gasteiger partial charge in [0, 0.05) is 28.5 Å². The van der Waals surface area contributed by atoms with Crippen LogP contribution in [0.25, 0.3) is 0 Å². The molecule has 1 saturated heterocycles. The number of hydrogen-bond donors (Lipinski definition) is 0. The van der Waals surface area contributed by atoms with Gasteiger partial charge in [-0.15, -0.1) is 0 Å². The highest BCUT2D eigenvalue weighted by Crippen LogP contribution is 2.48. The molecule has 24 heavy (non-hydrogen) atoms. The fraction of sp³-hybridized carbons (Fsp3) is 0.263. The van der Waals surface area contributed by atoms with E-state index in [1.54, 1.807) is 11.0 Å². The van der Waals surface area contributed by atoms with Crippen LogP contribution < -0.4 is 0 Å². The van der Waals surface area contributed by atoms with E-state index in [4.69, 9.17) is 4.74 Å². The highest BCUT2D eigenvalue weighted by atomic mass is 127. The largest absolute Gasteiger partial charge is 0.459 e. The maximum absolute atomic E-state index is 13.0. The van der Waals surface area contributed by atoms with Crippen molar-refractivity contribution in [2.45, 2.75) is 24.6 Å². The van der Waals surface area contributed by atoms with E-state index in [9.17, 15) is 9.59 Å². The second-order valence-electron chi connectivity index (χ2n) is 6.17. The minimum atomic E-state index is -0.987. The number of ether oxygens (including phenoxy) is 1. The number of carbonyl (C=O) groups excluding carboxylic acids is 2. The smallest absolute Gasteiger partial charge is 0.337 e. The van der Waals surface area contributed by atoms with Crippen LogP contribution in [-0.4, -0.2) is 27.3 Å². The van der Waals surface area contributed by atoms with Crippen molar-refractivity contribution in [2.75, 3.05) is 4.43 Å². The van der Waals surface area contributed by atoms with Crippen LogP contribution in [0.5, 0.6) is 0 Å². The third-order valence-electron chi connectivity index (χ3n) is 4.80. The molecule has 2 aromatic carbocycles. The lowest BCUT2D eigenvalue weighted by Crippen LogP contribution is -2.46. The Morgan fingerprint density at radius 1 is 1.08 bits per heavy atom. The molecule has 0 bridgehead atoms. The molecule has 0 aromatic heterocycles. The standard InChI is InChI=1S/C19H16INO3/c20-11-14-10-19(18(23)24-14)16-9-5-4-8-15(16)17(22)21(19)12-13-6-2-1-3-7-13/h1-9,14H,10-12H2/t14-,19+/m0/s1. The summed E-state index contributed by atoms with van der Waals surface area (Å²) in [6.07, 6.45) is 0.361. The summed E-state index contributed by atoms with van der Waals surface area (Å²) in [4.78, 5) is 27.6. The predicted octanol–water partition coefficient (Wildman–Crippen LogP) is 3.29. The molecule has 0 N–H and O–H groups in total. The van der Waals surface area contributed by atoms with E-state index in [0.29, 0.717) is 18.5 Å². The Morgan fingerprint density at radius 3 is 2.50 bits per heavy atom. The van der Waals surface area contributed by atoms with Gasteiger partial charge < -0.3 is 9.64 Å². The molecule has 122 valence electrons. The van der Waals surface area contributed by atoms with Crippen molar-refractivity contribution in [3.63, 3.8) is 0 Å². The lowest BCUT2D eigenvalue weighted by Gasteiger charge is -2.32. The maximum atomic E-state index is 13.0. The lowest BCUT2D eigenvalue weighted by atomic mass is 9.86. The summed E-state index contributed by atoms with van der Waals surface area (Å²) < 4.78 is 6.30. The summed E-state index contributed by atoms with van der Waals surface area (Å²) in [5.74, 6) is -0.404. The van der Waals surface area contributed by atoms with Crippen molar-refractivity contribution >= 4 is 34.5 Å². The van der Waals surface area contributed by atoms with Gasteiger partial charge in [-0.2, -0.15) is 0 Å². The summed E-state index contributed by atoms with van der Waals surface area (Å²) in [5.41, 5.74) is 1.41. The molecule has 0 radical (unpaired) electrons. The van der Waals surface area contributed by atoms with Crippen molar-refractivity contribution in [3.05, 3.63) is 71.3 Å². The average Bonchev–Trinajstić information content (AvgIpc) is 3.08. The van der Waals surface area contributed by atoms with Crippen molar-refractivity contribution in [1.29, 1.82) is 0 Å². The molecule has 1 fully saturated rings. The number of carbonyl (C=O) groups is 2. The van der Waals surface area contributed by atoms with Crippen LogP contribution in [-0.2, 0) is 21.6 Å². The van der Waals surface area contributed by atoms with Crippen LogP contribution in [0.15, 0.2) is 54.6 Å². The van der Waals surface area contributed by atoms with Crippen molar-refractivity contribution in [2.24, 2.45) is 0 Å². The Kier molecular flexibility index (Phi) is 3.83. The molecule has 5 heteroatoms. The number of hydrogen-bond acceptors (Lipinski definition) is 3. The Hall–Kier alpha value is -1.89. The Labute approximate surface area is 153 Å². The van der Waals surface area contributed by atoms with Crippen LogP contribution in [0.2, 0.25) is 0 Å². The lowest BCUT2D eigenvalue weighted by molar-refractivity contribution is -0.149. The molecular weight excluding hydrogens is 417 g/mol. The second kappa shape index (κ2) is 5.88. The zero-order valence-electron chi connectivity index (χ0n) is 12.9. The van der Waals surface area contributed by atoms with Crippen LogP contribution in [0.4, 0.5) is 0 Å². The maximum Gasteiger partial charge on any atom is 0.337 e. The van der Waals surface area contributed by atoms with Gasteiger partial charge in [-0.25, -0.2) is 4.79 Å². The SMILES string of the molecule is O=C1c2ccccc2[C@@]2(C[C@@H](CI)OC2=O)N1Cc1ccccc1. The van der Waals surface area contributed by atoms with Crippen molar-refractivity contribution in [1.82, 2.24) is 4.90 Å². The molecule has 0 aliphatic carbocycles. The number of cyclic esters (lactones) is 1. The minimum absolute atomic E-state index is 0.0967. The number of fused-ring (bicyclic) bond motifs is 2. The molecule has 2 atom stereocenters. The minimum Gasteiger partial charge on any atom is -0.459 e. The Morgan fingerprint density at radius 2 is 1.79 bits per heavy atom. The third kappa shape index (κ3) is 2.17. The van der Waals surface area contributed by atoms with E-state index in [1.165, 1.54) is 0 Å². The van der Waals surface area contributed by atoms with E-state index in [1.807, 2.05) is 48.5 Å². The van der Waals surface area contributed by atoms with Gasteiger partial charge in [-0.1, -0.05) is 71.1 Å². The molecule has 2 aromatic rings. The number of rotatable bonds is 3. The van der Waals surface area contributed by atoms with Crippen LogP contribution >= 0.6 is 22.6 Å². The number of alkyl halides is 1. The fourth-order valence-electron chi connectivity index (χ4n) is 3.70. The van der Waals surface area contributed by atoms with Crippen LogP contribution in [0, 0.1) is 0 Å². The van der Waals surface area contributed by atoms with Gasteiger partial charge >= 0.3 is 5.97 Å². The summed E-state index contributed by atoms with van der Waals surface area (Å²) in [6, 6.07) is 17.2. The Bertz CT molecular complexity index is 807. The molecule has 0 unspecified atom stereocenters. The zero-order chi connectivity index (χ0) is 16.7. The molecule has 4 rings (SSSR count). The van der Waals surface area contributed by atoms with E-state index < -0.39 is 5.54 Å². The number of benzene rings is 2. The van der Waals surface area contributed by atoms with Crippen molar-refractivity contribution in [3.8, 4) is 0 Å². The molecule has 1 amide bonds. The topological polar surface area (TPSA) is 46.6 Å². The van der Waals surface area contributed by atoms with Gasteiger partial charge in [0.1, 0.15) is 6.10 Å². The predicted molar refractivity (Wildman–Crippen MR) is 97.8 cm³/mol. The highest BCUT2D eigenvalue weighted by molar-refractivity contribution is 14.1. The van der Waals surface area contributed by atoms with Gasteiger partial charge in [0.2, 0.25) is 0 Å². The van der Waals surface area contributed by atoms with Crippen LogP contribution in [0.3, 0.4) is 0 Å². The van der Waals surface area contributed by atoms with E-state index >= 15 is 0 Å². The second-order valence-corrected chi connectivity index (χ2v) is 7.05. The van der Waals surface area contributed by atoms with E-state index in [0.717, 1.165) is 15.6 Å². The number of amides is 1. The van der Waals surface area contributed by atoms with Gasteiger partial charge in [0.25, 0.3) is 5.91 Å². The van der Waals surface area contributed by atoms with E-state index in [2.05, 4.69) is 22.6 Å². The first-order valence-electron chi connectivity index (χ1n) is 7.89. The number of nitrogens with zero attached hydrogens (tertiary/aromatic N) is 1. The molecule has 0 saturated carbocycles. The number of halogens is 1. The molecule has 4 nitrogen and oxygen atoms in total. The first kappa shape index (κ1) is 15.6. The molecule has 1 spiro atoms. The summed E-state index contributed by atoms with van der Waals surface area (Å²) >= 11 is 2.22. The van der Waals surface area contributed by atoms with Crippen molar-refractivity contribution < 1.29 is 14.3 Å². The Balaban J connectivity index is 1.83. The quantitative estimate of drug-likeness (QED) is 0.424. The first-order valence-corrected chi connectivity index (χ1v) is 9.42. The molecule has 2 aliphatic rings. The van der Waals surface area contributed by atoms with Crippen LogP contribution in [0.1, 0.15) is 27.9 Å². The fourth-order valence-corrected chi connectivity index (χ4v) is 4.19. The average molecular weight is 433 g/mol. The van der Waals surface area contributed by atoms with Gasteiger partial charge in [0.05, 0.1) is 0 Å². The van der Waals surface area contributed by atoms with E-state index in [-0.39, 0.29) is 18.0 Å². The normalized spacial score (nSPS) is 25.2. The summed E-state index contributed by atoms with van der Waals surface area (Å²) in [5, 5.41) is 0. The van der Waals surface area contributed by atoms with Gasteiger partial charge in [0.15, 0.2) is 5.54 Å². The molecular formula is C19H16INO3. The third-order valence-corrected chi connectivity index (χ3v) is 5.78. The van der Waals surface area contributed by atoms with Gasteiger partial charge in [-0.3, -0.25) is 4.79 Å². The first-order chi connectivity index (χ1) is 11.7. The number of esters is 1. The summed E-state index contributed by atoms with van der Waals surface area (Å²) in [7, 11) is 0. The highest BCUT2D eigenvalue weighted by Gasteiger charge is 2.60. The monoisotopic (exact) mass is 433 g/mol. The van der Waals surface area contributed by atoms with Gasteiger partial charge in [-0.05, 0) is 11.6 Å². The zero-order valence-corrected chi connectivity index (χ0v) is 15.1. The summed E-state index contributed by atoms with van der Waals surface area (Å²) in [6.45, 7) is 0.400. The molecule has 2 aliphatic heterocycles. The molecule has 2 heterocycles.